The van der Waals surface area contributed by atoms with Crippen LogP contribution in [0.15, 0.2) is 146 Å². The highest BCUT2D eigenvalue weighted by Crippen LogP contribution is 2.10. The van der Waals surface area contributed by atoms with Gasteiger partial charge < -0.3 is 0 Å². The smallest absolute Gasteiger partial charge is 0.0260 e. The molecule has 0 radical (unpaired) electrons. The minimum Gasteiger partial charge on any atom is -0.0871 e. The van der Waals surface area contributed by atoms with Gasteiger partial charge in [0.25, 0.3) is 0 Å². The molecule has 0 heterocycles. The molecule has 52 heavy (non-hydrogen) atoms. The minimum absolute atomic E-state index is 0. The molecule has 0 amide bonds. The van der Waals surface area contributed by atoms with Crippen molar-refractivity contribution < 1.29 is 0 Å². The van der Waals surface area contributed by atoms with E-state index in [-0.39, 0.29) is 29.7 Å². The monoisotopic (exact) mass is 697 g/mol. The van der Waals surface area contributed by atoms with Crippen LogP contribution in [0, 0.1) is 0 Å². The Morgan fingerprint density at radius 2 is 0.269 bits per heavy atom. The van der Waals surface area contributed by atoms with Gasteiger partial charge in [0, 0.05) is 0 Å². The van der Waals surface area contributed by atoms with Crippen molar-refractivity contribution in [2.24, 2.45) is 0 Å². The fourth-order valence-electron chi connectivity index (χ4n) is 4.41. The average Bonchev–Trinajstić information content (AvgIpc) is 3.10. The third-order valence-electron chi connectivity index (χ3n) is 6.62. The lowest BCUT2D eigenvalue weighted by Crippen LogP contribution is -1.73. The highest BCUT2D eigenvalue weighted by Gasteiger charge is 1.88. The fourth-order valence-corrected chi connectivity index (χ4v) is 4.41. The molecule has 4 aromatic rings. The van der Waals surface area contributed by atoms with E-state index < -0.39 is 0 Å². The number of hydrogen-bond donors (Lipinski definition) is 0. The predicted molar refractivity (Wildman–Crippen MR) is 250 cm³/mol. The van der Waals surface area contributed by atoms with Crippen LogP contribution in [0.1, 0.15) is 130 Å². The number of allylic oxidation sites excluding steroid dienone is 8. The molecular weight excluding hydrogens is 625 g/mol. The predicted octanol–water partition coefficient (Wildman–Crippen LogP) is 17.6. The summed E-state index contributed by atoms with van der Waals surface area (Å²) in [6.07, 6.45) is 33.1. The third-order valence-corrected chi connectivity index (χ3v) is 6.62. The van der Waals surface area contributed by atoms with Crippen LogP contribution >= 0.6 is 0 Å². The molecule has 4 aromatic carbocycles. The lowest BCUT2D eigenvalue weighted by atomic mass is 10.1. The van der Waals surface area contributed by atoms with Gasteiger partial charge in [-0.2, -0.15) is 0 Å². The summed E-state index contributed by atoms with van der Waals surface area (Å²) in [6, 6.07) is 33.9. The van der Waals surface area contributed by atoms with Gasteiger partial charge in [0.05, 0.1) is 0 Å². The Kier molecular flexibility index (Phi) is 36.7. The number of rotatable bonds is 8. The Morgan fingerprint density at radius 3 is 0.327 bits per heavy atom. The molecule has 0 fully saturated rings. The van der Waals surface area contributed by atoms with Crippen molar-refractivity contribution in [2.45, 2.75) is 85.1 Å². The van der Waals surface area contributed by atoms with Gasteiger partial charge in [0.15, 0.2) is 0 Å². The van der Waals surface area contributed by atoms with Crippen molar-refractivity contribution in [3.05, 3.63) is 190 Å². The largest absolute Gasteiger partial charge is 0.0871 e. The minimum atomic E-state index is 0. The third kappa shape index (κ3) is 24.9. The zero-order chi connectivity index (χ0) is 35.2. The summed E-state index contributed by atoms with van der Waals surface area (Å²) in [7, 11) is 0. The molecule has 0 aromatic heterocycles. The van der Waals surface area contributed by atoms with E-state index in [0.29, 0.717) is 0 Å². The van der Waals surface area contributed by atoms with Crippen LogP contribution in [0.2, 0.25) is 0 Å². The quantitative estimate of drug-likeness (QED) is 0.172. The van der Waals surface area contributed by atoms with Crippen LogP contribution in [0.5, 0.6) is 0 Å². The molecule has 0 nitrogen and oxygen atoms in total. The summed E-state index contributed by atoms with van der Waals surface area (Å²) in [6.45, 7) is 16.2. The highest BCUT2D eigenvalue weighted by atomic mass is 13.9. The summed E-state index contributed by atoms with van der Waals surface area (Å²) in [5.74, 6) is 0. The van der Waals surface area contributed by atoms with E-state index in [2.05, 4.69) is 146 Å². The van der Waals surface area contributed by atoms with Gasteiger partial charge in [-0.3, -0.25) is 0 Å². The molecule has 0 atom stereocenters. The van der Waals surface area contributed by atoms with Crippen molar-refractivity contribution in [1.29, 1.82) is 0 Å². The summed E-state index contributed by atoms with van der Waals surface area (Å²) in [5.41, 5.74) is 10.0. The Balaban J connectivity index is -0.000000288. The molecule has 0 aliphatic rings. The fraction of sp³-hybridized carbons (Fsp3) is 0.231. The standard InChI is InChI=1S/4C12H14.4CH4/c4*1-3-5-11-7-9-12(6-4-2)10-8-11;;;;/h4*3-10H,1-2H3;4*1H4. The van der Waals surface area contributed by atoms with Crippen LogP contribution in [0.25, 0.3) is 48.6 Å². The summed E-state index contributed by atoms with van der Waals surface area (Å²) < 4.78 is 0. The van der Waals surface area contributed by atoms with E-state index in [0.717, 1.165) is 0 Å². The van der Waals surface area contributed by atoms with Crippen molar-refractivity contribution in [1.82, 2.24) is 0 Å². The molecule has 0 aliphatic heterocycles. The molecule has 0 bridgehead atoms. The van der Waals surface area contributed by atoms with E-state index >= 15 is 0 Å². The second-order valence-electron chi connectivity index (χ2n) is 10.7. The van der Waals surface area contributed by atoms with E-state index in [1.165, 1.54) is 44.5 Å². The van der Waals surface area contributed by atoms with E-state index in [4.69, 9.17) is 0 Å². The maximum Gasteiger partial charge on any atom is -0.0260 e. The van der Waals surface area contributed by atoms with Gasteiger partial charge >= 0.3 is 0 Å². The van der Waals surface area contributed by atoms with Crippen molar-refractivity contribution in [3.63, 3.8) is 0 Å². The molecule has 0 N–H and O–H groups in total. The molecule has 0 aliphatic carbocycles. The van der Waals surface area contributed by atoms with Crippen LogP contribution in [0.3, 0.4) is 0 Å². The maximum absolute atomic E-state index is 2.12. The second-order valence-corrected chi connectivity index (χ2v) is 10.7. The van der Waals surface area contributed by atoms with Crippen LogP contribution in [0.4, 0.5) is 0 Å². The van der Waals surface area contributed by atoms with E-state index in [9.17, 15) is 0 Å². The van der Waals surface area contributed by atoms with Gasteiger partial charge in [0.1, 0.15) is 0 Å². The highest BCUT2D eigenvalue weighted by molar-refractivity contribution is 5.58. The van der Waals surface area contributed by atoms with Gasteiger partial charge in [0.2, 0.25) is 0 Å². The van der Waals surface area contributed by atoms with E-state index in [1.54, 1.807) is 0 Å². The molecular formula is C52H72. The SMILES string of the molecule is C.C.C.C.CC=Cc1ccc(C=CC)cc1.CC=Cc1ccc(C=CC)cc1.CC=Cc1ccc(C=CC)cc1.CC=Cc1ccc(C=CC)cc1. The maximum atomic E-state index is 2.12. The van der Waals surface area contributed by atoms with Crippen LogP contribution < -0.4 is 0 Å². The molecule has 0 heteroatoms. The van der Waals surface area contributed by atoms with Crippen LogP contribution in [-0.2, 0) is 0 Å². The van der Waals surface area contributed by atoms with Crippen molar-refractivity contribution in [3.8, 4) is 0 Å². The zero-order valence-electron chi connectivity index (χ0n) is 30.5. The summed E-state index contributed by atoms with van der Waals surface area (Å²) in [4.78, 5) is 0. The molecule has 0 unspecified atom stereocenters. The first-order valence-electron chi connectivity index (χ1n) is 16.9. The average molecular weight is 697 g/mol. The normalized spacial score (nSPS) is 10.6. The molecule has 0 saturated carbocycles. The van der Waals surface area contributed by atoms with Crippen LogP contribution in [-0.4, -0.2) is 0 Å². The molecule has 0 saturated heterocycles. The second kappa shape index (κ2) is 35.6. The van der Waals surface area contributed by atoms with Crippen molar-refractivity contribution >= 4 is 48.6 Å². The summed E-state index contributed by atoms with van der Waals surface area (Å²) in [5, 5.41) is 0. The first-order valence-corrected chi connectivity index (χ1v) is 16.9. The number of benzene rings is 4. The van der Waals surface area contributed by atoms with Gasteiger partial charge in [-0.05, 0) is 99.9 Å². The first-order chi connectivity index (χ1) is 23.5. The zero-order valence-corrected chi connectivity index (χ0v) is 30.5. The lowest BCUT2D eigenvalue weighted by Gasteiger charge is -1.94. The topological polar surface area (TPSA) is 0 Å². The lowest BCUT2D eigenvalue weighted by molar-refractivity contribution is 1.60. The molecule has 280 valence electrons. The van der Waals surface area contributed by atoms with E-state index in [1.807, 2.05) is 104 Å². The Bertz CT molecular complexity index is 1230. The van der Waals surface area contributed by atoms with Gasteiger partial charge in [-0.15, -0.1) is 0 Å². The van der Waals surface area contributed by atoms with Gasteiger partial charge in [-0.1, -0.05) is 224 Å². The molecule has 0 spiro atoms. The Morgan fingerprint density at radius 1 is 0.192 bits per heavy atom. The van der Waals surface area contributed by atoms with Gasteiger partial charge in [-0.25, -0.2) is 0 Å². The Labute approximate surface area is 322 Å². The first kappa shape index (κ1) is 53.6. The molecule has 4 rings (SSSR count). The summed E-state index contributed by atoms with van der Waals surface area (Å²) >= 11 is 0. The Hall–Kier alpha value is -5.20. The van der Waals surface area contributed by atoms with Crippen molar-refractivity contribution in [2.75, 3.05) is 0 Å². The number of hydrogen-bond acceptors (Lipinski definition) is 0.